The number of ether oxygens (including phenoxy) is 1. The molecule has 0 saturated heterocycles. The lowest BCUT2D eigenvalue weighted by Crippen LogP contribution is -1.98. The number of fused-ring (bicyclic) bond motifs is 1. The van der Waals surface area contributed by atoms with E-state index in [0.717, 1.165) is 16.7 Å². The molecule has 0 unspecified atom stereocenters. The fourth-order valence-electron chi connectivity index (χ4n) is 1.33. The molecule has 2 rings (SSSR count). The second-order valence-electron chi connectivity index (χ2n) is 3.16. The topological polar surface area (TPSA) is 52.3 Å². The van der Waals surface area contributed by atoms with Crippen molar-refractivity contribution in [1.29, 1.82) is 0 Å². The normalized spacial score (nSPS) is 11.1. The van der Waals surface area contributed by atoms with Gasteiger partial charge in [-0.3, -0.25) is 0 Å². The van der Waals surface area contributed by atoms with Crippen LogP contribution in [0, 0.1) is 0 Å². The van der Waals surface area contributed by atoms with Gasteiger partial charge in [-0.05, 0) is 30.7 Å². The number of rotatable bonds is 3. The van der Waals surface area contributed by atoms with Crippen molar-refractivity contribution in [3.05, 3.63) is 36.2 Å². The van der Waals surface area contributed by atoms with Crippen LogP contribution in [0.1, 0.15) is 12.5 Å². The van der Waals surface area contributed by atoms with Crippen LogP contribution in [0.5, 0.6) is 0 Å². The molecule has 0 aliphatic rings. The van der Waals surface area contributed by atoms with Crippen LogP contribution in [0.3, 0.4) is 0 Å². The van der Waals surface area contributed by atoms with Gasteiger partial charge in [-0.15, -0.1) is 0 Å². The Balaban J connectivity index is 2.17. The summed E-state index contributed by atoms with van der Waals surface area (Å²) < 4.78 is 9.89. The Morgan fingerprint density at radius 1 is 1.56 bits per heavy atom. The third-order valence-electron chi connectivity index (χ3n) is 2.05. The predicted molar refractivity (Wildman–Crippen MR) is 59.7 cm³/mol. The number of benzene rings is 1. The molecule has 2 aromatic rings. The quantitative estimate of drug-likeness (QED) is 0.585. The van der Waals surface area contributed by atoms with Gasteiger partial charge in [0.05, 0.1) is 6.61 Å². The summed E-state index contributed by atoms with van der Waals surface area (Å²) in [4.78, 5) is 15.1. The third-order valence-corrected chi connectivity index (χ3v) is 2.05. The van der Waals surface area contributed by atoms with Crippen molar-refractivity contribution >= 4 is 23.1 Å². The molecule has 0 aliphatic heterocycles. The zero-order valence-electron chi connectivity index (χ0n) is 8.84. The minimum atomic E-state index is -0.345. The van der Waals surface area contributed by atoms with E-state index in [0.29, 0.717) is 6.61 Å². The summed E-state index contributed by atoms with van der Waals surface area (Å²) in [5, 5.41) is 0. The first kappa shape index (κ1) is 10.4. The van der Waals surface area contributed by atoms with E-state index in [-0.39, 0.29) is 5.97 Å². The van der Waals surface area contributed by atoms with Crippen LogP contribution in [0.4, 0.5) is 0 Å². The molecule has 0 N–H and O–H groups in total. The summed E-state index contributed by atoms with van der Waals surface area (Å²) >= 11 is 0. The van der Waals surface area contributed by atoms with Crippen molar-refractivity contribution in [2.75, 3.05) is 6.61 Å². The van der Waals surface area contributed by atoms with Crippen molar-refractivity contribution in [3.63, 3.8) is 0 Å². The highest BCUT2D eigenvalue weighted by Crippen LogP contribution is 2.14. The molecule has 16 heavy (non-hydrogen) atoms. The van der Waals surface area contributed by atoms with E-state index in [9.17, 15) is 4.79 Å². The van der Waals surface area contributed by atoms with E-state index in [1.54, 1.807) is 13.0 Å². The minimum Gasteiger partial charge on any atom is -0.463 e. The number of hydrogen-bond donors (Lipinski definition) is 0. The zero-order valence-corrected chi connectivity index (χ0v) is 8.84. The predicted octanol–water partition coefficient (Wildman–Crippen LogP) is 2.40. The van der Waals surface area contributed by atoms with E-state index in [2.05, 4.69) is 4.98 Å². The first-order valence-corrected chi connectivity index (χ1v) is 4.97. The van der Waals surface area contributed by atoms with Crippen LogP contribution in [-0.2, 0) is 9.53 Å². The van der Waals surface area contributed by atoms with Gasteiger partial charge in [-0.2, -0.15) is 0 Å². The lowest BCUT2D eigenvalue weighted by molar-refractivity contribution is -0.137. The maximum absolute atomic E-state index is 11.1. The van der Waals surface area contributed by atoms with Crippen LogP contribution in [0.2, 0.25) is 0 Å². The molecule has 1 heterocycles. The molecular formula is C12H11NO3. The summed E-state index contributed by atoms with van der Waals surface area (Å²) in [6.07, 6.45) is 4.47. The first-order valence-electron chi connectivity index (χ1n) is 4.97. The van der Waals surface area contributed by atoms with Gasteiger partial charge >= 0.3 is 5.97 Å². The first-order chi connectivity index (χ1) is 7.79. The molecule has 4 nitrogen and oxygen atoms in total. The van der Waals surface area contributed by atoms with Crippen molar-refractivity contribution < 1.29 is 13.9 Å². The second-order valence-corrected chi connectivity index (χ2v) is 3.16. The van der Waals surface area contributed by atoms with Crippen LogP contribution >= 0.6 is 0 Å². The lowest BCUT2D eigenvalue weighted by atomic mass is 10.2. The summed E-state index contributed by atoms with van der Waals surface area (Å²) in [5.41, 5.74) is 2.38. The summed E-state index contributed by atoms with van der Waals surface area (Å²) in [6, 6.07) is 5.50. The van der Waals surface area contributed by atoms with Gasteiger partial charge in [0.1, 0.15) is 5.52 Å². The average Bonchev–Trinajstić information content (AvgIpc) is 2.74. The highest BCUT2D eigenvalue weighted by Gasteiger charge is 1.99. The molecule has 0 bridgehead atoms. The van der Waals surface area contributed by atoms with Crippen molar-refractivity contribution in [2.45, 2.75) is 6.92 Å². The Morgan fingerprint density at radius 3 is 3.25 bits per heavy atom. The molecule has 0 atom stereocenters. The summed E-state index contributed by atoms with van der Waals surface area (Å²) in [7, 11) is 0. The molecule has 1 aromatic carbocycles. The summed E-state index contributed by atoms with van der Waals surface area (Å²) in [5.74, 6) is -0.345. The molecule has 0 fully saturated rings. The summed E-state index contributed by atoms with van der Waals surface area (Å²) in [6.45, 7) is 2.15. The lowest BCUT2D eigenvalue weighted by Gasteiger charge is -1.95. The molecular weight excluding hydrogens is 206 g/mol. The van der Waals surface area contributed by atoms with Crippen LogP contribution in [-0.4, -0.2) is 17.6 Å². The molecule has 82 valence electrons. The van der Waals surface area contributed by atoms with Gasteiger partial charge in [0, 0.05) is 6.08 Å². The number of oxazole rings is 1. The van der Waals surface area contributed by atoms with Crippen LogP contribution in [0.15, 0.2) is 35.1 Å². The van der Waals surface area contributed by atoms with Gasteiger partial charge in [0.2, 0.25) is 0 Å². The van der Waals surface area contributed by atoms with Crippen molar-refractivity contribution in [2.24, 2.45) is 0 Å². The van der Waals surface area contributed by atoms with E-state index < -0.39 is 0 Å². The fraction of sp³-hybridized carbons (Fsp3) is 0.167. The third kappa shape index (κ3) is 2.28. The van der Waals surface area contributed by atoms with E-state index in [1.807, 2.05) is 18.2 Å². The maximum Gasteiger partial charge on any atom is 0.330 e. The molecule has 4 heteroatoms. The number of carbonyl (C=O) groups excluding carboxylic acids is 1. The number of hydrogen-bond acceptors (Lipinski definition) is 4. The van der Waals surface area contributed by atoms with Crippen LogP contribution in [0.25, 0.3) is 17.2 Å². The molecule has 0 radical (unpaired) electrons. The minimum absolute atomic E-state index is 0.345. The smallest absolute Gasteiger partial charge is 0.330 e. The Bertz CT molecular complexity index is 528. The fourth-order valence-corrected chi connectivity index (χ4v) is 1.33. The van der Waals surface area contributed by atoms with Gasteiger partial charge in [-0.1, -0.05) is 6.07 Å². The molecule has 0 saturated carbocycles. The zero-order chi connectivity index (χ0) is 11.4. The van der Waals surface area contributed by atoms with E-state index >= 15 is 0 Å². The van der Waals surface area contributed by atoms with E-state index in [1.165, 1.54) is 12.5 Å². The number of nitrogens with zero attached hydrogens (tertiary/aromatic N) is 1. The highest BCUT2D eigenvalue weighted by molar-refractivity contribution is 5.88. The molecule has 1 aromatic heterocycles. The Morgan fingerprint density at radius 2 is 2.44 bits per heavy atom. The van der Waals surface area contributed by atoms with Gasteiger partial charge in [0.15, 0.2) is 12.0 Å². The Labute approximate surface area is 92.5 Å². The Kier molecular flexibility index (Phi) is 3.00. The highest BCUT2D eigenvalue weighted by atomic mass is 16.5. The number of esters is 1. The monoisotopic (exact) mass is 217 g/mol. The molecule has 0 spiro atoms. The number of carbonyl (C=O) groups is 1. The van der Waals surface area contributed by atoms with E-state index in [4.69, 9.17) is 9.15 Å². The molecule has 0 amide bonds. The number of aromatic nitrogens is 1. The second kappa shape index (κ2) is 4.61. The van der Waals surface area contributed by atoms with Gasteiger partial charge in [0.25, 0.3) is 0 Å². The average molecular weight is 217 g/mol. The van der Waals surface area contributed by atoms with Crippen LogP contribution < -0.4 is 0 Å². The standard InChI is InChI=1S/C12H11NO3/c1-2-15-12(14)6-4-9-3-5-11-10(7-9)13-8-16-11/h3-8H,2H2,1H3. The molecule has 0 aliphatic carbocycles. The Hall–Kier alpha value is -2.10. The maximum atomic E-state index is 11.1. The van der Waals surface area contributed by atoms with Crippen molar-refractivity contribution in [1.82, 2.24) is 4.98 Å². The SMILES string of the molecule is CCOC(=O)C=Cc1ccc2ocnc2c1. The van der Waals surface area contributed by atoms with Crippen molar-refractivity contribution in [3.8, 4) is 0 Å². The largest absolute Gasteiger partial charge is 0.463 e. The van der Waals surface area contributed by atoms with Gasteiger partial charge < -0.3 is 9.15 Å². The van der Waals surface area contributed by atoms with Gasteiger partial charge in [-0.25, -0.2) is 9.78 Å².